The first-order valence-corrected chi connectivity index (χ1v) is 5.02. The Bertz CT molecular complexity index is 226. The highest BCUT2D eigenvalue weighted by Gasteiger charge is 2.17. The Kier molecular flexibility index (Phi) is 4.94. The van der Waals surface area contributed by atoms with E-state index in [0.717, 1.165) is 19.5 Å². The molecule has 1 saturated heterocycles. The number of carbonyl (C=O) groups excluding carboxylic acids is 1. The summed E-state index contributed by atoms with van der Waals surface area (Å²) in [6.45, 7) is 3.58. The summed E-state index contributed by atoms with van der Waals surface area (Å²) in [7, 11) is 0. The van der Waals surface area contributed by atoms with Gasteiger partial charge in [-0.15, -0.1) is 0 Å². The van der Waals surface area contributed by atoms with E-state index in [9.17, 15) is 4.79 Å². The molecule has 0 aliphatic carbocycles. The van der Waals surface area contributed by atoms with Crippen LogP contribution in [0.2, 0.25) is 0 Å². The number of hydrogen-bond acceptors (Lipinski definition) is 2. The normalized spacial score (nSPS) is 19.6. The van der Waals surface area contributed by atoms with Gasteiger partial charge in [0.25, 0.3) is 0 Å². The summed E-state index contributed by atoms with van der Waals surface area (Å²) in [5, 5.41) is 3.13. The molecule has 1 atom stereocenters. The first-order valence-electron chi connectivity index (χ1n) is 5.02. The molecule has 2 rings (SSSR count). The van der Waals surface area contributed by atoms with Crippen molar-refractivity contribution >= 4 is 5.78 Å². The van der Waals surface area contributed by atoms with Crippen LogP contribution in [0.15, 0.2) is 36.4 Å². The number of Topliss-reactive ketones (excluding diaryl/α,β-unsaturated/α-hetero) is 1. The largest absolute Gasteiger partial charge is 0.316 e. The van der Waals surface area contributed by atoms with E-state index in [4.69, 9.17) is 0 Å². The Balaban J connectivity index is 0.000000146. The van der Waals surface area contributed by atoms with Gasteiger partial charge in [-0.25, -0.2) is 0 Å². The second kappa shape index (κ2) is 6.33. The molecular weight excluding hydrogens is 174 g/mol. The van der Waals surface area contributed by atoms with Crippen LogP contribution in [0.3, 0.4) is 0 Å². The summed E-state index contributed by atoms with van der Waals surface area (Å²) in [5.41, 5.74) is 0. The SMILES string of the molecule is CC(=O)C1CCNC1.c1ccccc1. The minimum atomic E-state index is 0.315. The smallest absolute Gasteiger partial charge is 0.134 e. The highest BCUT2D eigenvalue weighted by Crippen LogP contribution is 2.06. The van der Waals surface area contributed by atoms with Gasteiger partial charge in [-0.05, 0) is 19.9 Å². The van der Waals surface area contributed by atoms with Gasteiger partial charge < -0.3 is 5.32 Å². The number of rotatable bonds is 1. The fourth-order valence-electron chi connectivity index (χ4n) is 1.39. The lowest BCUT2D eigenvalue weighted by Crippen LogP contribution is -2.14. The summed E-state index contributed by atoms with van der Waals surface area (Å²) in [5.74, 6) is 0.644. The van der Waals surface area contributed by atoms with Crippen molar-refractivity contribution in [2.75, 3.05) is 13.1 Å². The van der Waals surface area contributed by atoms with Crippen molar-refractivity contribution < 1.29 is 4.79 Å². The summed E-state index contributed by atoms with van der Waals surface area (Å²) < 4.78 is 0. The van der Waals surface area contributed by atoms with Crippen molar-refractivity contribution in [3.05, 3.63) is 36.4 Å². The Morgan fingerprint density at radius 1 is 1.14 bits per heavy atom. The van der Waals surface area contributed by atoms with E-state index >= 15 is 0 Å². The molecule has 14 heavy (non-hydrogen) atoms. The number of ketones is 1. The van der Waals surface area contributed by atoms with Crippen LogP contribution in [-0.4, -0.2) is 18.9 Å². The molecule has 1 aliphatic heterocycles. The maximum Gasteiger partial charge on any atom is 0.134 e. The quantitative estimate of drug-likeness (QED) is 0.734. The number of nitrogens with one attached hydrogen (secondary N) is 1. The minimum absolute atomic E-state index is 0.315. The third-order valence-electron chi connectivity index (χ3n) is 2.30. The van der Waals surface area contributed by atoms with E-state index < -0.39 is 0 Å². The molecule has 0 spiro atoms. The first-order chi connectivity index (χ1) is 6.80. The number of carbonyl (C=O) groups is 1. The lowest BCUT2D eigenvalue weighted by molar-refractivity contribution is -0.120. The summed E-state index contributed by atoms with van der Waals surface area (Å²) >= 11 is 0. The average Bonchev–Trinajstić information content (AvgIpc) is 2.74. The molecular formula is C12H17NO. The van der Waals surface area contributed by atoms with E-state index in [2.05, 4.69) is 5.32 Å². The highest BCUT2D eigenvalue weighted by molar-refractivity contribution is 5.78. The van der Waals surface area contributed by atoms with Gasteiger partial charge in [0.1, 0.15) is 5.78 Å². The molecule has 0 aromatic heterocycles. The van der Waals surface area contributed by atoms with Crippen molar-refractivity contribution in [1.29, 1.82) is 0 Å². The fourth-order valence-corrected chi connectivity index (χ4v) is 1.39. The molecule has 0 saturated carbocycles. The van der Waals surface area contributed by atoms with E-state index in [1.54, 1.807) is 6.92 Å². The lowest BCUT2D eigenvalue weighted by Gasteiger charge is -1.98. The molecule has 1 aromatic rings. The van der Waals surface area contributed by atoms with Crippen LogP contribution in [0.25, 0.3) is 0 Å². The van der Waals surface area contributed by atoms with Gasteiger partial charge in [-0.3, -0.25) is 4.79 Å². The van der Waals surface area contributed by atoms with Gasteiger partial charge >= 0.3 is 0 Å². The molecule has 1 unspecified atom stereocenters. The summed E-state index contributed by atoms with van der Waals surface area (Å²) in [4.78, 5) is 10.6. The first kappa shape index (κ1) is 10.9. The maximum absolute atomic E-state index is 10.6. The van der Waals surface area contributed by atoms with Gasteiger partial charge in [0.05, 0.1) is 0 Å². The van der Waals surface area contributed by atoms with Crippen molar-refractivity contribution in [1.82, 2.24) is 5.32 Å². The molecule has 1 N–H and O–H groups in total. The molecule has 2 nitrogen and oxygen atoms in total. The van der Waals surface area contributed by atoms with Crippen LogP contribution in [0.5, 0.6) is 0 Å². The monoisotopic (exact) mass is 191 g/mol. The van der Waals surface area contributed by atoms with E-state index in [-0.39, 0.29) is 0 Å². The minimum Gasteiger partial charge on any atom is -0.316 e. The number of benzene rings is 1. The Morgan fingerprint density at radius 2 is 1.64 bits per heavy atom. The van der Waals surface area contributed by atoms with Crippen LogP contribution in [0.1, 0.15) is 13.3 Å². The maximum atomic E-state index is 10.6. The zero-order valence-corrected chi connectivity index (χ0v) is 8.57. The second-order valence-corrected chi connectivity index (χ2v) is 3.46. The Hall–Kier alpha value is -1.15. The summed E-state index contributed by atoms with van der Waals surface area (Å²) in [6.07, 6.45) is 1.04. The molecule has 2 heteroatoms. The molecule has 1 heterocycles. The van der Waals surface area contributed by atoms with Gasteiger partial charge in [-0.1, -0.05) is 36.4 Å². The van der Waals surface area contributed by atoms with Crippen LogP contribution in [0.4, 0.5) is 0 Å². The van der Waals surface area contributed by atoms with Gasteiger partial charge in [-0.2, -0.15) is 0 Å². The lowest BCUT2D eigenvalue weighted by atomic mass is 10.1. The summed E-state index contributed by atoms with van der Waals surface area (Å²) in [6, 6.07) is 12.0. The Labute approximate surface area is 85.3 Å². The van der Waals surface area contributed by atoms with E-state index in [0.29, 0.717) is 11.7 Å². The van der Waals surface area contributed by atoms with Crippen LogP contribution in [-0.2, 0) is 4.79 Å². The van der Waals surface area contributed by atoms with E-state index in [1.165, 1.54) is 0 Å². The second-order valence-electron chi connectivity index (χ2n) is 3.46. The molecule has 76 valence electrons. The molecule has 0 bridgehead atoms. The third-order valence-corrected chi connectivity index (χ3v) is 2.30. The van der Waals surface area contributed by atoms with Crippen molar-refractivity contribution in [3.63, 3.8) is 0 Å². The predicted molar refractivity (Wildman–Crippen MR) is 58.1 cm³/mol. The zero-order chi connectivity index (χ0) is 10.2. The van der Waals surface area contributed by atoms with Gasteiger partial charge in [0.2, 0.25) is 0 Å². The molecule has 0 amide bonds. The highest BCUT2D eigenvalue weighted by atomic mass is 16.1. The van der Waals surface area contributed by atoms with E-state index in [1.807, 2.05) is 36.4 Å². The molecule has 1 aromatic carbocycles. The van der Waals surface area contributed by atoms with Crippen molar-refractivity contribution in [3.8, 4) is 0 Å². The van der Waals surface area contributed by atoms with Gasteiger partial charge in [0, 0.05) is 12.5 Å². The van der Waals surface area contributed by atoms with Crippen LogP contribution in [0, 0.1) is 5.92 Å². The fraction of sp³-hybridized carbons (Fsp3) is 0.417. The topological polar surface area (TPSA) is 29.1 Å². The standard InChI is InChI=1S/C6H11NO.C6H6/c1-5(8)6-2-3-7-4-6;1-2-4-6-5-3-1/h6-7H,2-4H2,1H3;1-6H. The molecule has 0 radical (unpaired) electrons. The van der Waals surface area contributed by atoms with Gasteiger partial charge in [0.15, 0.2) is 0 Å². The van der Waals surface area contributed by atoms with Crippen LogP contribution >= 0.6 is 0 Å². The number of hydrogen-bond donors (Lipinski definition) is 1. The van der Waals surface area contributed by atoms with Crippen molar-refractivity contribution in [2.24, 2.45) is 5.92 Å². The third kappa shape index (κ3) is 4.19. The van der Waals surface area contributed by atoms with Crippen LogP contribution < -0.4 is 5.32 Å². The molecule has 1 aliphatic rings. The Morgan fingerprint density at radius 3 is 1.86 bits per heavy atom. The average molecular weight is 191 g/mol. The van der Waals surface area contributed by atoms with Crippen molar-refractivity contribution in [2.45, 2.75) is 13.3 Å². The zero-order valence-electron chi connectivity index (χ0n) is 8.57. The predicted octanol–water partition coefficient (Wildman–Crippen LogP) is 1.87. The molecule has 1 fully saturated rings.